The maximum Gasteiger partial charge on any atom is 0.354 e. The van der Waals surface area contributed by atoms with Crippen molar-refractivity contribution in [3.8, 4) is 0 Å². The quantitative estimate of drug-likeness (QED) is 0.593. The van der Waals surface area contributed by atoms with Crippen molar-refractivity contribution in [2.24, 2.45) is 7.05 Å². The molecule has 0 bridgehead atoms. The Hall–Kier alpha value is -2.04. The van der Waals surface area contributed by atoms with Gasteiger partial charge in [0.25, 0.3) is 0 Å². The van der Waals surface area contributed by atoms with Crippen molar-refractivity contribution in [2.75, 3.05) is 7.11 Å². The summed E-state index contributed by atoms with van der Waals surface area (Å²) in [5.41, 5.74) is 1.02. The minimum atomic E-state index is -1.03. The predicted molar refractivity (Wildman–Crippen MR) is 53.4 cm³/mol. The first kappa shape index (κ1) is 11.0. The smallest absolute Gasteiger partial charge is 0.354 e. The number of carboxylic acids is 1. The third-order valence-corrected chi connectivity index (χ3v) is 1.84. The number of nitrogens with zero attached hydrogens (tertiary/aromatic N) is 1. The zero-order chi connectivity index (χ0) is 11.4. The van der Waals surface area contributed by atoms with Gasteiger partial charge in [-0.15, -0.1) is 0 Å². The van der Waals surface area contributed by atoms with Gasteiger partial charge in [-0.05, 0) is 17.7 Å². The monoisotopic (exact) mass is 209 g/mol. The lowest BCUT2D eigenvalue weighted by Gasteiger charge is -1.98. The highest BCUT2D eigenvalue weighted by atomic mass is 16.5. The topological polar surface area (TPSA) is 68.5 Å². The second kappa shape index (κ2) is 4.45. The van der Waals surface area contributed by atoms with Gasteiger partial charge < -0.3 is 14.4 Å². The fraction of sp³-hybridized carbons (Fsp3) is 0.200. The summed E-state index contributed by atoms with van der Waals surface area (Å²) in [6, 6.07) is 1.56. The van der Waals surface area contributed by atoms with Gasteiger partial charge in [0.05, 0.1) is 7.11 Å². The van der Waals surface area contributed by atoms with Gasteiger partial charge in [-0.2, -0.15) is 0 Å². The number of esters is 1. The lowest BCUT2D eigenvalue weighted by Crippen LogP contribution is -2.06. The van der Waals surface area contributed by atoms with Gasteiger partial charge in [-0.1, -0.05) is 0 Å². The molecular weight excluding hydrogens is 198 g/mol. The standard InChI is InChI=1S/C10H11NO4/c1-11-6-7(3-4-9(12)13)5-8(11)10(14)15-2/h3-6H,1-2H3,(H,12,13). The van der Waals surface area contributed by atoms with Crippen molar-refractivity contribution < 1.29 is 19.4 Å². The van der Waals surface area contributed by atoms with Crippen molar-refractivity contribution in [2.45, 2.75) is 0 Å². The molecule has 1 N–H and O–H groups in total. The number of carbonyl (C=O) groups excluding carboxylic acids is 1. The number of aliphatic carboxylic acids is 1. The lowest BCUT2D eigenvalue weighted by molar-refractivity contribution is -0.131. The first-order chi connectivity index (χ1) is 7.04. The van der Waals surface area contributed by atoms with Crippen LogP contribution in [0.15, 0.2) is 18.3 Å². The number of aromatic nitrogens is 1. The number of carbonyl (C=O) groups is 2. The maximum absolute atomic E-state index is 11.2. The van der Waals surface area contributed by atoms with Gasteiger partial charge in [-0.3, -0.25) is 0 Å². The van der Waals surface area contributed by atoms with Gasteiger partial charge in [0.1, 0.15) is 5.69 Å². The molecule has 0 amide bonds. The van der Waals surface area contributed by atoms with Crippen molar-refractivity contribution in [3.63, 3.8) is 0 Å². The molecule has 0 fully saturated rings. The fourth-order valence-corrected chi connectivity index (χ4v) is 1.16. The summed E-state index contributed by atoms with van der Waals surface area (Å²) in [4.78, 5) is 21.5. The zero-order valence-corrected chi connectivity index (χ0v) is 8.43. The third kappa shape index (κ3) is 2.70. The molecule has 0 saturated carbocycles. The molecule has 0 aliphatic heterocycles. The van der Waals surface area contributed by atoms with Crippen LogP contribution in [0.4, 0.5) is 0 Å². The minimum absolute atomic E-state index is 0.377. The highest BCUT2D eigenvalue weighted by molar-refractivity contribution is 5.90. The van der Waals surface area contributed by atoms with E-state index in [1.807, 2.05) is 0 Å². The van der Waals surface area contributed by atoms with E-state index in [0.717, 1.165) is 6.08 Å². The molecule has 5 nitrogen and oxygen atoms in total. The molecule has 0 radical (unpaired) electrons. The van der Waals surface area contributed by atoms with E-state index in [0.29, 0.717) is 11.3 Å². The van der Waals surface area contributed by atoms with E-state index >= 15 is 0 Å². The Labute approximate surface area is 86.6 Å². The molecule has 5 heteroatoms. The Balaban J connectivity index is 2.95. The first-order valence-corrected chi connectivity index (χ1v) is 4.20. The van der Waals surface area contributed by atoms with E-state index in [9.17, 15) is 9.59 Å². The third-order valence-electron chi connectivity index (χ3n) is 1.84. The van der Waals surface area contributed by atoms with E-state index in [4.69, 9.17) is 5.11 Å². The molecule has 0 aromatic carbocycles. The van der Waals surface area contributed by atoms with E-state index in [-0.39, 0.29) is 0 Å². The van der Waals surface area contributed by atoms with Gasteiger partial charge >= 0.3 is 11.9 Å². The van der Waals surface area contributed by atoms with Gasteiger partial charge in [0.15, 0.2) is 0 Å². The van der Waals surface area contributed by atoms with Crippen LogP contribution in [0.5, 0.6) is 0 Å². The summed E-state index contributed by atoms with van der Waals surface area (Å²) >= 11 is 0. The van der Waals surface area contributed by atoms with E-state index in [2.05, 4.69) is 4.74 Å². The molecule has 0 aliphatic carbocycles. The summed E-state index contributed by atoms with van der Waals surface area (Å²) in [7, 11) is 2.98. The molecule has 0 saturated heterocycles. The van der Waals surface area contributed by atoms with Crippen molar-refractivity contribution in [3.05, 3.63) is 29.6 Å². The minimum Gasteiger partial charge on any atom is -0.478 e. The largest absolute Gasteiger partial charge is 0.478 e. The number of methoxy groups -OCH3 is 1. The molecule has 1 rings (SSSR count). The maximum atomic E-state index is 11.2. The molecule has 1 aromatic heterocycles. The van der Waals surface area contributed by atoms with Crippen LogP contribution in [0.1, 0.15) is 16.1 Å². The molecule has 1 aromatic rings. The summed E-state index contributed by atoms with van der Waals surface area (Å²) in [5.74, 6) is -1.48. The van der Waals surface area contributed by atoms with Crippen LogP contribution in [-0.2, 0) is 16.6 Å². The molecule has 15 heavy (non-hydrogen) atoms. The number of hydrogen-bond donors (Lipinski definition) is 1. The van der Waals surface area contributed by atoms with Crippen LogP contribution in [0.2, 0.25) is 0 Å². The SMILES string of the molecule is COC(=O)c1cc(C=CC(=O)O)cn1C. The second-order valence-electron chi connectivity index (χ2n) is 2.93. The van der Waals surface area contributed by atoms with Gasteiger partial charge in [0, 0.05) is 19.3 Å². The number of carboxylic acid groups (broad SMARTS) is 1. The number of rotatable bonds is 3. The molecule has 80 valence electrons. The Bertz CT molecular complexity index is 417. The fourth-order valence-electron chi connectivity index (χ4n) is 1.16. The Kier molecular flexibility index (Phi) is 3.28. The number of ether oxygens (including phenoxy) is 1. The molecule has 0 atom stereocenters. The highest BCUT2D eigenvalue weighted by Gasteiger charge is 2.10. The van der Waals surface area contributed by atoms with Crippen molar-refractivity contribution >= 4 is 18.0 Å². The van der Waals surface area contributed by atoms with Crippen LogP contribution >= 0.6 is 0 Å². The molecule has 0 spiro atoms. The van der Waals surface area contributed by atoms with Crippen molar-refractivity contribution in [1.29, 1.82) is 0 Å². The van der Waals surface area contributed by atoms with Crippen LogP contribution in [0.3, 0.4) is 0 Å². The number of hydrogen-bond acceptors (Lipinski definition) is 3. The van der Waals surface area contributed by atoms with Crippen LogP contribution in [0.25, 0.3) is 6.08 Å². The first-order valence-electron chi connectivity index (χ1n) is 4.20. The zero-order valence-electron chi connectivity index (χ0n) is 8.43. The Morgan fingerprint density at radius 1 is 1.53 bits per heavy atom. The molecule has 0 unspecified atom stereocenters. The van der Waals surface area contributed by atoms with E-state index < -0.39 is 11.9 Å². The van der Waals surface area contributed by atoms with Crippen LogP contribution < -0.4 is 0 Å². The van der Waals surface area contributed by atoms with Crippen molar-refractivity contribution in [1.82, 2.24) is 4.57 Å². The Morgan fingerprint density at radius 2 is 2.20 bits per heavy atom. The summed E-state index contributed by atoms with van der Waals surface area (Å²) < 4.78 is 6.13. The number of aryl methyl sites for hydroxylation is 1. The average molecular weight is 209 g/mol. The van der Waals surface area contributed by atoms with E-state index in [1.165, 1.54) is 13.2 Å². The van der Waals surface area contributed by atoms with Gasteiger partial charge in [0.2, 0.25) is 0 Å². The normalized spacial score (nSPS) is 10.5. The molecular formula is C10H11NO4. The summed E-state index contributed by atoms with van der Waals surface area (Å²) in [6.45, 7) is 0. The lowest BCUT2D eigenvalue weighted by atomic mass is 10.3. The van der Waals surface area contributed by atoms with E-state index in [1.54, 1.807) is 23.9 Å². The van der Waals surface area contributed by atoms with Crippen LogP contribution in [-0.4, -0.2) is 28.7 Å². The average Bonchev–Trinajstić information content (AvgIpc) is 2.55. The summed E-state index contributed by atoms with van der Waals surface area (Å²) in [5, 5.41) is 8.42. The molecule has 1 heterocycles. The summed E-state index contributed by atoms with van der Waals surface area (Å²) in [6.07, 6.45) is 4.07. The highest BCUT2D eigenvalue weighted by Crippen LogP contribution is 2.10. The Morgan fingerprint density at radius 3 is 2.73 bits per heavy atom. The predicted octanol–water partition coefficient (Wildman–Crippen LogP) is 0.909. The molecule has 0 aliphatic rings. The van der Waals surface area contributed by atoms with Crippen LogP contribution in [0, 0.1) is 0 Å². The van der Waals surface area contributed by atoms with Gasteiger partial charge in [-0.25, -0.2) is 9.59 Å². The second-order valence-corrected chi connectivity index (χ2v) is 2.93.